The van der Waals surface area contributed by atoms with Crippen molar-refractivity contribution in [1.82, 2.24) is 4.48 Å². The van der Waals surface area contributed by atoms with Gasteiger partial charge in [-0.15, -0.1) is 0 Å². The summed E-state index contributed by atoms with van der Waals surface area (Å²) >= 11 is 0. The van der Waals surface area contributed by atoms with Gasteiger partial charge in [-0.1, -0.05) is 72.3 Å². The zero-order valence-electron chi connectivity index (χ0n) is 15.9. The van der Waals surface area contributed by atoms with E-state index in [2.05, 4.69) is 122 Å². The summed E-state index contributed by atoms with van der Waals surface area (Å²) in [6, 6.07) is 36.9. The first-order valence-electron chi connectivity index (χ1n) is 9.67. The summed E-state index contributed by atoms with van der Waals surface area (Å²) in [7, 11) is 0. The van der Waals surface area contributed by atoms with Crippen LogP contribution in [0.1, 0.15) is 5.56 Å². The van der Waals surface area contributed by atoms with E-state index < -0.39 is 0 Å². The lowest BCUT2D eigenvalue weighted by molar-refractivity contribution is 0.790. The molecule has 0 aromatic heterocycles. The number of hydrogen-bond donors (Lipinski definition) is 0. The molecule has 0 saturated carbocycles. The third kappa shape index (κ3) is 2.77. The molecule has 0 fully saturated rings. The predicted molar refractivity (Wildman–Crippen MR) is 119 cm³/mol. The van der Waals surface area contributed by atoms with Crippen molar-refractivity contribution >= 4 is 23.8 Å². The second kappa shape index (κ2) is 6.63. The van der Waals surface area contributed by atoms with Crippen LogP contribution in [0.5, 0.6) is 0 Å². The van der Waals surface area contributed by atoms with Crippen molar-refractivity contribution < 1.29 is 0 Å². The molecule has 5 rings (SSSR count). The Hall–Kier alpha value is -3.42. The molecule has 0 spiro atoms. The van der Waals surface area contributed by atoms with Gasteiger partial charge < -0.3 is 0 Å². The maximum absolute atomic E-state index is 2.36. The summed E-state index contributed by atoms with van der Waals surface area (Å²) in [5.74, 6) is 0. The summed E-state index contributed by atoms with van der Waals surface area (Å²) in [5, 5.41) is 2.54. The van der Waals surface area contributed by atoms with Gasteiger partial charge in [0.1, 0.15) is 23.8 Å². The highest BCUT2D eigenvalue weighted by atomic mass is 15.3. The van der Waals surface area contributed by atoms with E-state index in [-0.39, 0.29) is 0 Å². The fourth-order valence-electron chi connectivity index (χ4n) is 4.00. The Morgan fingerprint density at radius 2 is 1.11 bits per heavy atom. The first-order chi connectivity index (χ1) is 13.7. The highest BCUT2D eigenvalue weighted by Crippen LogP contribution is 2.37. The van der Waals surface area contributed by atoms with Crippen molar-refractivity contribution in [1.29, 1.82) is 0 Å². The Bertz CT molecular complexity index is 1240. The monoisotopic (exact) mass is 360 g/mol. The van der Waals surface area contributed by atoms with Gasteiger partial charge in [-0.25, -0.2) is 4.48 Å². The number of hydrogen-bond acceptors (Lipinski definition) is 0. The molecule has 1 aliphatic heterocycles. The molecule has 0 amide bonds. The van der Waals surface area contributed by atoms with Crippen LogP contribution in [0, 0.1) is 6.92 Å². The molecule has 0 saturated heterocycles. The van der Waals surface area contributed by atoms with Gasteiger partial charge in [0, 0.05) is 34.7 Å². The number of nitrogens with zero attached hydrogens (tertiary/aromatic N) is 1. The third-order valence-electron chi connectivity index (χ3n) is 5.52. The summed E-state index contributed by atoms with van der Waals surface area (Å²) in [4.78, 5) is 0. The van der Waals surface area contributed by atoms with Crippen LogP contribution in [-0.4, -0.2) is 0 Å². The second-order valence-electron chi connectivity index (χ2n) is 7.42. The molecule has 0 aliphatic carbocycles. The highest BCUT2D eigenvalue weighted by molar-refractivity contribution is 5.80. The summed E-state index contributed by atoms with van der Waals surface area (Å²) < 4.78 is 0.606. The molecule has 0 bridgehead atoms. The van der Waals surface area contributed by atoms with Crippen LogP contribution in [0.2, 0.25) is 0 Å². The van der Waals surface area contributed by atoms with Crippen molar-refractivity contribution in [2.24, 2.45) is 0 Å². The molecular weight excluding hydrogens is 338 g/mol. The quantitative estimate of drug-likeness (QED) is 0.424. The van der Waals surface area contributed by atoms with Crippen molar-refractivity contribution in [3.63, 3.8) is 0 Å². The van der Waals surface area contributed by atoms with Gasteiger partial charge in [0.05, 0.1) is 0 Å². The number of aryl methyl sites for hydroxylation is 1. The number of fused-ring (bicyclic) bond motifs is 1. The molecule has 1 atom stereocenters. The van der Waals surface area contributed by atoms with Crippen molar-refractivity contribution in [3.05, 3.63) is 119 Å². The minimum Gasteiger partial charge on any atom is -0.206 e. The number of benzene rings is 4. The largest absolute Gasteiger partial charge is 0.206 e. The third-order valence-corrected chi connectivity index (χ3v) is 5.52. The summed E-state index contributed by atoms with van der Waals surface area (Å²) in [6.07, 6.45) is 4.71. The van der Waals surface area contributed by atoms with Gasteiger partial charge in [0.15, 0.2) is 0 Å². The van der Waals surface area contributed by atoms with E-state index in [1.807, 2.05) is 0 Å². The van der Waals surface area contributed by atoms with Crippen LogP contribution >= 0.6 is 0 Å². The van der Waals surface area contributed by atoms with Gasteiger partial charge in [-0.2, -0.15) is 0 Å². The van der Waals surface area contributed by atoms with E-state index in [0.717, 1.165) is 0 Å². The topological polar surface area (TPSA) is 0 Å². The second-order valence-corrected chi connectivity index (χ2v) is 7.42. The van der Waals surface area contributed by atoms with Crippen molar-refractivity contribution in [2.75, 3.05) is 0 Å². The molecule has 4 aromatic rings. The molecule has 0 radical (unpaired) electrons. The van der Waals surface area contributed by atoms with E-state index in [1.165, 1.54) is 38.5 Å². The van der Waals surface area contributed by atoms with Crippen LogP contribution in [0.15, 0.2) is 103 Å². The van der Waals surface area contributed by atoms with Gasteiger partial charge in [0.25, 0.3) is 0 Å². The van der Waals surface area contributed by atoms with Gasteiger partial charge >= 0.3 is 0 Å². The Morgan fingerprint density at radius 1 is 0.500 bits per heavy atom. The maximum Gasteiger partial charge on any atom is 0.147 e. The molecule has 1 heterocycles. The Balaban J connectivity index is 1.74. The van der Waals surface area contributed by atoms with Crippen LogP contribution in [-0.2, 0) is 0 Å². The van der Waals surface area contributed by atoms with E-state index >= 15 is 0 Å². The van der Waals surface area contributed by atoms with E-state index in [0.29, 0.717) is 4.48 Å². The van der Waals surface area contributed by atoms with Crippen molar-refractivity contribution in [3.8, 4) is 11.1 Å². The minimum absolute atomic E-state index is 0.606. The van der Waals surface area contributed by atoms with Gasteiger partial charge in [0.2, 0.25) is 0 Å². The lowest BCUT2D eigenvalue weighted by Crippen LogP contribution is -2.29. The van der Waals surface area contributed by atoms with Crippen LogP contribution in [0.3, 0.4) is 0 Å². The fraction of sp³-hybridized carbons (Fsp3) is 0.0370. The molecule has 28 heavy (non-hydrogen) atoms. The maximum atomic E-state index is 2.36. The Morgan fingerprint density at radius 3 is 1.82 bits per heavy atom. The number of rotatable bonds is 3. The van der Waals surface area contributed by atoms with Crippen LogP contribution in [0.4, 0.5) is 11.4 Å². The van der Waals surface area contributed by atoms with E-state index in [1.54, 1.807) is 0 Å². The summed E-state index contributed by atoms with van der Waals surface area (Å²) in [5.41, 5.74) is 6.26. The predicted octanol–water partition coefficient (Wildman–Crippen LogP) is 5.49. The fourth-order valence-corrected chi connectivity index (χ4v) is 4.00. The number of quaternary nitrogens is 1. The van der Waals surface area contributed by atoms with Gasteiger partial charge in [-0.05, 0) is 30.2 Å². The van der Waals surface area contributed by atoms with Gasteiger partial charge in [-0.3, -0.25) is 0 Å². The van der Waals surface area contributed by atoms with Crippen LogP contribution in [0.25, 0.3) is 23.5 Å². The molecule has 1 aliphatic rings. The molecule has 1 heteroatoms. The zero-order valence-corrected chi connectivity index (χ0v) is 15.9. The summed E-state index contributed by atoms with van der Waals surface area (Å²) in [6.45, 7) is 2.13. The highest BCUT2D eigenvalue weighted by Gasteiger charge is 2.32. The SMILES string of the molecule is Cc1ccc([N+]2(c3ccccc3)C=c3ccc(-c4ccccc4)cc3=C2)cc1. The normalized spacial score (nSPS) is 17.5. The Kier molecular flexibility index (Phi) is 3.96. The average Bonchev–Trinajstić information content (AvgIpc) is 3.15. The molecule has 0 N–H and O–H groups in total. The molecule has 1 nitrogen and oxygen atoms in total. The minimum atomic E-state index is 0.606. The van der Waals surface area contributed by atoms with E-state index in [9.17, 15) is 0 Å². The number of para-hydroxylation sites is 1. The van der Waals surface area contributed by atoms with Crippen LogP contribution < -0.4 is 14.9 Å². The lowest BCUT2D eigenvalue weighted by Gasteiger charge is -2.28. The molecule has 134 valence electrons. The molecular formula is C27H22N+. The average molecular weight is 360 g/mol. The first-order valence-corrected chi connectivity index (χ1v) is 9.67. The van der Waals surface area contributed by atoms with Crippen molar-refractivity contribution in [2.45, 2.75) is 6.92 Å². The standard InChI is InChI=1S/C27H22N/c1-21-12-16-27(17-13-21)28(26-10-6-3-7-11-26)19-24-15-14-23(18-25(24)20-28)22-8-4-2-5-9-22/h2-20H,1H3/q+1. The first kappa shape index (κ1) is 16.7. The Labute approximate surface area is 165 Å². The molecule has 1 unspecified atom stereocenters. The van der Waals surface area contributed by atoms with E-state index in [4.69, 9.17) is 0 Å². The smallest absolute Gasteiger partial charge is 0.147 e. The lowest BCUT2D eigenvalue weighted by atomic mass is 10.0. The zero-order chi connectivity index (χ0) is 19.0. The molecule has 4 aromatic carbocycles.